The highest BCUT2D eigenvalue weighted by Crippen LogP contribution is 2.03. The Balaban J connectivity index is 2.56. The predicted molar refractivity (Wildman–Crippen MR) is 33.8 cm³/mol. The van der Waals surface area contributed by atoms with Crippen LogP contribution in [0, 0.1) is 0 Å². The van der Waals surface area contributed by atoms with E-state index in [0.29, 0.717) is 0 Å². The molecule has 0 spiro atoms. The molecule has 1 unspecified atom stereocenters. The average molecular weight is 157 g/mol. The van der Waals surface area contributed by atoms with Crippen LogP contribution in [0.1, 0.15) is 13.2 Å². The summed E-state index contributed by atoms with van der Waals surface area (Å²) in [6.45, 7) is 1.56. The second kappa shape index (κ2) is 3.00. The molecule has 0 saturated heterocycles. The second-order valence-electron chi connectivity index (χ2n) is 1.87. The minimum Gasteiger partial charge on any atom is -0.450 e. The quantitative estimate of drug-likeness (QED) is 0.632. The Morgan fingerprint density at radius 2 is 2.55 bits per heavy atom. The van der Waals surface area contributed by atoms with Gasteiger partial charge in [-0.15, -0.1) is 5.10 Å². The zero-order chi connectivity index (χ0) is 8.27. The van der Waals surface area contributed by atoms with Gasteiger partial charge in [0.1, 0.15) is 0 Å². The van der Waals surface area contributed by atoms with Crippen LogP contribution in [0.2, 0.25) is 0 Å². The molecule has 0 saturated carbocycles. The Labute approximate surface area is 62.4 Å². The lowest BCUT2D eigenvalue weighted by molar-refractivity contribution is 0.0211. The van der Waals surface area contributed by atoms with Gasteiger partial charge in [0.05, 0.1) is 6.20 Å². The van der Waals surface area contributed by atoms with Crippen LogP contribution < -0.4 is 0 Å². The van der Waals surface area contributed by atoms with E-state index in [9.17, 15) is 4.79 Å². The van der Waals surface area contributed by atoms with Gasteiger partial charge in [-0.25, -0.2) is 9.48 Å². The molecule has 0 aliphatic heterocycles. The van der Waals surface area contributed by atoms with E-state index < -0.39 is 12.4 Å². The molecule has 1 heterocycles. The van der Waals surface area contributed by atoms with E-state index in [0.717, 1.165) is 0 Å². The molecule has 1 aromatic rings. The van der Waals surface area contributed by atoms with Crippen LogP contribution >= 0.6 is 0 Å². The third-order valence-electron chi connectivity index (χ3n) is 1.08. The molecule has 60 valence electrons. The van der Waals surface area contributed by atoms with Crippen molar-refractivity contribution < 1.29 is 14.6 Å². The summed E-state index contributed by atoms with van der Waals surface area (Å²) >= 11 is 0. The third kappa shape index (κ3) is 1.92. The summed E-state index contributed by atoms with van der Waals surface area (Å²) in [4.78, 5) is 10.0. The van der Waals surface area contributed by atoms with Gasteiger partial charge in [-0.3, -0.25) is 0 Å². The van der Waals surface area contributed by atoms with Crippen LogP contribution in [-0.2, 0) is 4.74 Å². The molecule has 0 aliphatic rings. The highest BCUT2D eigenvalue weighted by molar-refractivity contribution is 5.56. The molecule has 6 heteroatoms. The smallest absolute Gasteiger partial charge is 0.450 e. The average Bonchev–Trinajstić information content (AvgIpc) is 2.35. The topological polar surface area (TPSA) is 77.2 Å². The normalized spacial score (nSPS) is 12.5. The first-order chi connectivity index (χ1) is 5.20. The Morgan fingerprint density at radius 1 is 1.82 bits per heavy atom. The maximum absolute atomic E-state index is 10.0. The number of carboxylic acid groups (broad SMARTS) is 1. The van der Waals surface area contributed by atoms with Crippen molar-refractivity contribution in [2.75, 3.05) is 0 Å². The number of hydrogen-bond donors (Lipinski definition) is 1. The SMILES string of the molecule is CC(OC(=O)O)n1ccnn1. The Hall–Kier alpha value is -1.59. The van der Waals surface area contributed by atoms with Crippen molar-refractivity contribution in [1.29, 1.82) is 0 Å². The van der Waals surface area contributed by atoms with Crippen molar-refractivity contribution in [2.45, 2.75) is 13.2 Å². The fraction of sp³-hybridized carbons (Fsp3) is 0.400. The second-order valence-corrected chi connectivity index (χ2v) is 1.87. The Morgan fingerprint density at radius 3 is 3.00 bits per heavy atom. The molecule has 0 aromatic carbocycles. The molecule has 1 atom stereocenters. The fourth-order valence-electron chi connectivity index (χ4n) is 0.611. The fourth-order valence-corrected chi connectivity index (χ4v) is 0.611. The monoisotopic (exact) mass is 157 g/mol. The minimum absolute atomic E-state index is 0.630. The van der Waals surface area contributed by atoms with Crippen molar-refractivity contribution >= 4 is 6.16 Å². The van der Waals surface area contributed by atoms with Crippen LogP contribution in [0.3, 0.4) is 0 Å². The van der Waals surface area contributed by atoms with E-state index in [2.05, 4.69) is 15.0 Å². The maximum Gasteiger partial charge on any atom is 0.507 e. The van der Waals surface area contributed by atoms with Crippen LogP contribution in [0.4, 0.5) is 4.79 Å². The first kappa shape index (κ1) is 7.52. The van der Waals surface area contributed by atoms with E-state index in [-0.39, 0.29) is 0 Å². The highest BCUT2D eigenvalue weighted by atomic mass is 16.7. The minimum atomic E-state index is -1.33. The van der Waals surface area contributed by atoms with Gasteiger partial charge in [-0.1, -0.05) is 5.21 Å². The van der Waals surface area contributed by atoms with Gasteiger partial charge in [-0.05, 0) is 6.92 Å². The van der Waals surface area contributed by atoms with Gasteiger partial charge in [0.25, 0.3) is 0 Å². The van der Waals surface area contributed by atoms with E-state index in [4.69, 9.17) is 5.11 Å². The van der Waals surface area contributed by atoms with Crippen LogP contribution in [0.25, 0.3) is 0 Å². The number of hydrogen-bond acceptors (Lipinski definition) is 4. The summed E-state index contributed by atoms with van der Waals surface area (Å²) in [5.74, 6) is 0. The van der Waals surface area contributed by atoms with Gasteiger partial charge in [0.15, 0.2) is 6.23 Å². The molecule has 0 aliphatic carbocycles. The number of nitrogens with zero attached hydrogens (tertiary/aromatic N) is 3. The number of carbonyl (C=O) groups is 1. The number of rotatable bonds is 2. The summed E-state index contributed by atoms with van der Waals surface area (Å²) in [6.07, 6.45) is 1.01. The van der Waals surface area contributed by atoms with E-state index in [1.54, 1.807) is 6.92 Å². The summed E-state index contributed by atoms with van der Waals surface area (Å²) in [5.41, 5.74) is 0. The van der Waals surface area contributed by atoms with Crippen molar-refractivity contribution in [1.82, 2.24) is 15.0 Å². The highest BCUT2D eigenvalue weighted by Gasteiger charge is 2.08. The summed E-state index contributed by atoms with van der Waals surface area (Å²) < 4.78 is 5.67. The summed E-state index contributed by atoms with van der Waals surface area (Å²) in [7, 11) is 0. The molecule has 1 aromatic heterocycles. The maximum atomic E-state index is 10.0. The van der Waals surface area contributed by atoms with Crippen LogP contribution in [0.5, 0.6) is 0 Å². The molecule has 0 fully saturated rings. The lowest BCUT2D eigenvalue weighted by atomic mass is 10.6. The first-order valence-electron chi connectivity index (χ1n) is 2.95. The first-order valence-corrected chi connectivity index (χ1v) is 2.95. The van der Waals surface area contributed by atoms with Crippen molar-refractivity contribution in [2.24, 2.45) is 0 Å². The Kier molecular flexibility index (Phi) is 2.05. The molecule has 0 radical (unpaired) electrons. The van der Waals surface area contributed by atoms with Gasteiger partial charge >= 0.3 is 6.16 Å². The van der Waals surface area contributed by atoms with E-state index in [1.165, 1.54) is 17.1 Å². The van der Waals surface area contributed by atoms with Gasteiger partial charge < -0.3 is 9.84 Å². The summed E-state index contributed by atoms with van der Waals surface area (Å²) in [5, 5.41) is 15.2. The molecule has 1 rings (SSSR count). The zero-order valence-electron chi connectivity index (χ0n) is 5.84. The Bertz CT molecular complexity index is 233. The molecular weight excluding hydrogens is 150 g/mol. The molecular formula is C5H7N3O3. The van der Waals surface area contributed by atoms with Gasteiger partial charge in [0, 0.05) is 6.20 Å². The predicted octanol–water partition coefficient (Wildman–Crippen LogP) is 0.491. The molecule has 0 bridgehead atoms. The number of aromatic nitrogens is 3. The zero-order valence-corrected chi connectivity index (χ0v) is 5.84. The molecule has 1 N–H and O–H groups in total. The van der Waals surface area contributed by atoms with Crippen molar-refractivity contribution in [3.8, 4) is 0 Å². The molecule has 6 nitrogen and oxygen atoms in total. The third-order valence-corrected chi connectivity index (χ3v) is 1.08. The lowest BCUT2D eigenvalue weighted by Gasteiger charge is -2.08. The van der Waals surface area contributed by atoms with Gasteiger partial charge in [0.2, 0.25) is 0 Å². The van der Waals surface area contributed by atoms with Crippen molar-refractivity contribution in [3.05, 3.63) is 12.4 Å². The van der Waals surface area contributed by atoms with Crippen LogP contribution in [0.15, 0.2) is 12.4 Å². The number of ether oxygens (including phenoxy) is 1. The van der Waals surface area contributed by atoms with Crippen LogP contribution in [-0.4, -0.2) is 26.3 Å². The standard InChI is InChI=1S/C5H7N3O3/c1-4(11-5(9)10)8-3-2-6-7-8/h2-4H,1H3,(H,9,10). The van der Waals surface area contributed by atoms with E-state index in [1.807, 2.05) is 0 Å². The molecule has 0 amide bonds. The van der Waals surface area contributed by atoms with Crippen molar-refractivity contribution in [3.63, 3.8) is 0 Å². The van der Waals surface area contributed by atoms with Gasteiger partial charge in [-0.2, -0.15) is 0 Å². The lowest BCUT2D eigenvalue weighted by Crippen LogP contribution is -2.13. The van der Waals surface area contributed by atoms with E-state index >= 15 is 0 Å². The summed E-state index contributed by atoms with van der Waals surface area (Å²) in [6, 6.07) is 0. The largest absolute Gasteiger partial charge is 0.507 e. The molecule has 11 heavy (non-hydrogen) atoms.